The molecule has 24 heavy (non-hydrogen) atoms. The number of fused-ring (bicyclic) bond motifs is 1. The lowest BCUT2D eigenvalue weighted by atomic mass is 9.87. The van der Waals surface area contributed by atoms with Crippen LogP contribution in [0.3, 0.4) is 0 Å². The van der Waals surface area contributed by atoms with Crippen molar-refractivity contribution in [3.8, 4) is 0 Å². The van der Waals surface area contributed by atoms with E-state index in [0.717, 1.165) is 36.9 Å². The normalized spacial score (nSPS) is 22.2. The van der Waals surface area contributed by atoms with Crippen molar-refractivity contribution in [3.63, 3.8) is 0 Å². The van der Waals surface area contributed by atoms with E-state index in [1.807, 2.05) is 16.6 Å². The van der Waals surface area contributed by atoms with Gasteiger partial charge in [0.2, 0.25) is 0 Å². The third-order valence-corrected chi connectivity index (χ3v) is 4.63. The van der Waals surface area contributed by atoms with Gasteiger partial charge in [0, 0.05) is 24.5 Å². The molecule has 2 aromatic heterocycles. The molecule has 3 heterocycles. The van der Waals surface area contributed by atoms with Crippen molar-refractivity contribution >= 4 is 11.5 Å². The molecule has 132 valence electrons. The number of hydrogen-bond donors (Lipinski definition) is 1. The van der Waals surface area contributed by atoms with E-state index < -0.39 is 0 Å². The lowest BCUT2D eigenvalue weighted by molar-refractivity contribution is -0.0481. The largest absolute Gasteiger partial charge is 0.378 e. The smallest absolute Gasteiger partial charge is 0.178 e. The third kappa shape index (κ3) is 3.53. The van der Waals surface area contributed by atoms with Crippen LogP contribution in [-0.4, -0.2) is 39.1 Å². The molecule has 0 amide bonds. The summed E-state index contributed by atoms with van der Waals surface area (Å²) in [7, 11) is 0. The first-order valence-corrected chi connectivity index (χ1v) is 8.94. The molecule has 1 saturated heterocycles. The van der Waals surface area contributed by atoms with E-state index >= 15 is 0 Å². The van der Waals surface area contributed by atoms with E-state index in [4.69, 9.17) is 9.84 Å². The van der Waals surface area contributed by atoms with Crippen LogP contribution in [-0.2, 0) is 10.2 Å². The summed E-state index contributed by atoms with van der Waals surface area (Å²) in [6.45, 7) is 12.6. The quantitative estimate of drug-likeness (QED) is 0.931. The fourth-order valence-electron chi connectivity index (χ4n) is 3.41. The Morgan fingerprint density at radius 2 is 2.08 bits per heavy atom. The van der Waals surface area contributed by atoms with E-state index in [0.29, 0.717) is 17.9 Å². The van der Waals surface area contributed by atoms with Gasteiger partial charge in [-0.25, -0.2) is 0 Å². The summed E-state index contributed by atoms with van der Waals surface area (Å²) in [6.07, 6.45) is 2.68. The Bertz CT molecular complexity index is 688. The van der Waals surface area contributed by atoms with Crippen molar-refractivity contribution in [2.24, 2.45) is 11.8 Å². The van der Waals surface area contributed by atoms with Crippen LogP contribution in [0.4, 0.5) is 5.82 Å². The van der Waals surface area contributed by atoms with E-state index in [1.165, 1.54) is 6.42 Å². The molecule has 0 bridgehead atoms. The van der Waals surface area contributed by atoms with Gasteiger partial charge in [-0.2, -0.15) is 4.52 Å². The number of nitrogens with one attached hydrogen (secondary N) is 1. The fourth-order valence-corrected chi connectivity index (χ4v) is 3.41. The molecule has 0 saturated carbocycles. The van der Waals surface area contributed by atoms with Gasteiger partial charge in [0.25, 0.3) is 0 Å². The first kappa shape index (κ1) is 17.1. The van der Waals surface area contributed by atoms with Crippen LogP contribution in [0.15, 0.2) is 12.1 Å². The fraction of sp³-hybridized carbons (Fsp3) is 0.722. The lowest BCUT2D eigenvalue weighted by Crippen LogP contribution is -2.37. The van der Waals surface area contributed by atoms with Gasteiger partial charge in [0.15, 0.2) is 11.5 Å². The van der Waals surface area contributed by atoms with Gasteiger partial charge in [0.1, 0.15) is 5.82 Å². The van der Waals surface area contributed by atoms with Crippen molar-refractivity contribution in [1.82, 2.24) is 19.8 Å². The molecule has 2 atom stereocenters. The molecule has 2 aromatic rings. The monoisotopic (exact) mass is 331 g/mol. The number of rotatable bonds is 4. The highest BCUT2D eigenvalue weighted by atomic mass is 16.5. The van der Waals surface area contributed by atoms with Gasteiger partial charge in [-0.15, -0.1) is 15.3 Å². The van der Waals surface area contributed by atoms with Gasteiger partial charge in [-0.05, 0) is 30.9 Å². The Morgan fingerprint density at radius 3 is 2.79 bits per heavy atom. The Labute approximate surface area is 144 Å². The Hall–Kier alpha value is -1.69. The summed E-state index contributed by atoms with van der Waals surface area (Å²) in [6, 6.07) is 3.94. The third-order valence-electron chi connectivity index (χ3n) is 4.63. The second-order valence-corrected chi connectivity index (χ2v) is 8.12. The van der Waals surface area contributed by atoms with E-state index in [-0.39, 0.29) is 5.41 Å². The Morgan fingerprint density at radius 1 is 1.29 bits per heavy atom. The highest BCUT2D eigenvalue weighted by Crippen LogP contribution is 2.27. The van der Waals surface area contributed by atoms with E-state index in [9.17, 15) is 0 Å². The molecular weight excluding hydrogens is 302 g/mol. The molecule has 3 rings (SSSR count). The van der Waals surface area contributed by atoms with Gasteiger partial charge >= 0.3 is 0 Å². The standard InChI is InChI=1S/C18H29N5O/c1-12(2)16-13(7-6-10-24-16)11-19-14-8-9-15-20-21-17(18(3,4)5)23(15)22-14/h8-9,12-13,16H,6-7,10-11H2,1-5H3,(H,19,22). The zero-order valence-corrected chi connectivity index (χ0v) is 15.4. The molecule has 0 radical (unpaired) electrons. The molecule has 1 fully saturated rings. The first-order valence-electron chi connectivity index (χ1n) is 8.94. The molecular formula is C18H29N5O. The van der Waals surface area contributed by atoms with Crippen molar-refractivity contribution in [2.45, 2.75) is 59.0 Å². The first-order chi connectivity index (χ1) is 11.4. The highest BCUT2D eigenvalue weighted by molar-refractivity contribution is 5.44. The zero-order valence-electron chi connectivity index (χ0n) is 15.4. The number of anilines is 1. The van der Waals surface area contributed by atoms with Crippen molar-refractivity contribution in [3.05, 3.63) is 18.0 Å². The zero-order chi connectivity index (χ0) is 17.3. The van der Waals surface area contributed by atoms with Crippen LogP contribution in [0.25, 0.3) is 5.65 Å². The highest BCUT2D eigenvalue weighted by Gasteiger charge is 2.28. The average Bonchev–Trinajstić information content (AvgIpc) is 2.96. The van der Waals surface area contributed by atoms with Gasteiger partial charge < -0.3 is 10.1 Å². The lowest BCUT2D eigenvalue weighted by Gasteiger charge is -2.34. The topological polar surface area (TPSA) is 64.3 Å². The van der Waals surface area contributed by atoms with E-state index in [1.54, 1.807) is 0 Å². The molecule has 1 aliphatic rings. The van der Waals surface area contributed by atoms with Crippen molar-refractivity contribution < 1.29 is 4.74 Å². The van der Waals surface area contributed by atoms with Crippen LogP contribution in [0, 0.1) is 11.8 Å². The molecule has 1 N–H and O–H groups in total. The molecule has 6 heteroatoms. The average molecular weight is 331 g/mol. The summed E-state index contributed by atoms with van der Waals surface area (Å²) >= 11 is 0. The van der Waals surface area contributed by atoms with Crippen LogP contribution < -0.4 is 5.32 Å². The predicted octanol–water partition coefficient (Wildman–Crippen LogP) is 3.28. The van der Waals surface area contributed by atoms with Gasteiger partial charge in [0.05, 0.1) is 6.10 Å². The molecule has 0 aromatic carbocycles. The summed E-state index contributed by atoms with van der Waals surface area (Å²) < 4.78 is 7.82. The summed E-state index contributed by atoms with van der Waals surface area (Å²) in [4.78, 5) is 0. The van der Waals surface area contributed by atoms with Gasteiger partial charge in [-0.1, -0.05) is 34.6 Å². The second kappa shape index (κ2) is 6.67. The predicted molar refractivity (Wildman–Crippen MR) is 95.3 cm³/mol. The SMILES string of the molecule is CC(C)C1OCCCC1CNc1ccc2nnc(C(C)(C)C)n2n1. The van der Waals surface area contributed by atoms with Crippen LogP contribution >= 0.6 is 0 Å². The summed E-state index contributed by atoms with van der Waals surface area (Å²) in [5.74, 6) is 2.81. The maximum absolute atomic E-state index is 5.98. The summed E-state index contributed by atoms with van der Waals surface area (Å²) in [5, 5.41) is 16.7. The van der Waals surface area contributed by atoms with Crippen molar-refractivity contribution in [2.75, 3.05) is 18.5 Å². The van der Waals surface area contributed by atoms with Crippen molar-refractivity contribution in [1.29, 1.82) is 0 Å². The molecule has 2 unspecified atom stereocenters. The minimum Gasteiger partial charge on any atom is -0.378 e. The molecule has 0 aliphatic carbocycles. The minimum atomic E-state index is -0.0923. The number of ether oxygens (including phenoxy) is 1. The molecule has 6 nitrogen and oxygen atoms in total. The van der Waals surface area contributed by atoms with Crippen LogP contribution in [0.2, 0.25) is 0 Å². The Balaban J connectivity index is 1.75. The molecule has 1 aliphatic heterocycles. The maximum Gasteiger partial charge on any atom is 0.178 e. The van der Waals surface area contributed by atoms with E-state index in [2.05, 4.69) is 50.1 Å². The summed E-state index contributed by atoms with van der Waals surface area (Å²) in [5.41, 5.74) is 0.692. The number of hydrogen-bond acceptors (Lipinski definition) is 5. The van der Waals surface area contributed by atoms with Gasteiger partial charge in [-0.3, -0.25) is 0 Å². The van der Waals surface area contributed by atoms with Crippen LogP contribution in [0.1, 0.15) is 53.3 Å². The number of aromatic nitrogens is 4. The van der Waals surface area contributed by atoms with Crippen LogP contribution in [0.5, 0.6) is 0 Å². The maximum atomic E-state index is 5.98. The number of nitrogens with zero attached hydrogens (tertiary/aromatic N) is 4. The Kier molecular flexibility index (Phi) is 4.76. The minimum absolute atomic E-state index is 0.0923. The molecule has 0 spiro atoms. The second-order valence-electron chi connectivity index (χ2n) is 8.12.